The number of aryl methyl sites for hydroxylation is 2. The number of pyridine rings is 1. The van der Waals surface area contributed by atoms with Crippen molar-refractivity contribution in [3.05, 3.63) is 59.3 Å². The Morgan fingerprint density at radius 2 is 1.95 bits per heavy atom. The van der Waals surface area contributed by atoms with Crippen molar-refractivity contribution in [2.75, 3.05) is 45.3 Å². The summed E-state index contributed by atoms with van der Waals surface area (Å²) < 4.78 is 47.7. The Kier molecular flexibility index (Phi) is 11.5. The average molecular weight is 551 g/mol. The van der Waals surface area contributed by atoms with Crippen LogP contribution in [-0.4, -0.2) is 79.0 Å². The smallest absolute Gasteiger partial charge is 0.349 e. The molecule has 214 valence electrons. The first-order valence-electron chi connectivity index (χ1n) is 13.3. The Balaban J connectivity index is 1.55. The summed E-state index contributed by atoms with van der Waals surface area (Å²) in [4.78, 5) is 30.6. The van der Waals surface area contributed by atoms with Gasteiger partial charge in [0, 0.05) is 38.0 Å². The van der Waals surface area contributed by atoms with E-state index in [2.05, 4.69) is 11.4 Å². The van der Waals surface area contributed by atoms with Gasteiger partial charge in [0.05, 0.1) is 6.10 Å². The van der Waals surface area contributed by atoms with E-state index in [1.165, 1.54) is 30.9 Å². The molecule has 11 heteroatoms. The number of carboxylic acids is 1. The van der Waals surface area contributed by atoms with Gasteiger partial charge in [0.1, 0.15) is 18.5 Å². The summed E-state index contributed by atoms with van der Waals surface area (Å²) in [5, 5.41) is 14.9. The van der Waals surface area contributed by atoms with E-state index in [4.69, 9.17) is 9.72 Å². The number of carboxylic acid groups (broad SMARTS) is 1. The van der Waals surface area contributed by atoms with Crippen molar-refractivity contribution in [1.82, 2.24) is 15.2 Å². The van der Waals surface area contributed by atoms with E-state index in [1.54, 1.807) is 0 Å². The second kappa shape index (κ2) is 14.8. The molecule has 2 atom stereocenters. The van der Waals surface area contributed by atoms with Gasteiger partial charge in [-0.05, 0) is 56.7 Å². The fourth-order valence-corrected chi connectivity index (χ4v) is 4.51. The lowest BCUT2D eigenvalue weighted by molar-refractivity contribution is -0.152. The maximum absolute atomic E-state index is 14.6. The van der Waals surface area contributed by atoms with Gasteiger partial charge < -0.3 is 25.4 Å². The van der Waals surface area contributed by atoms with Gasteiger partial charge in [0.25, 0.3) is 5.91 Å². The Bertz CT molecular complexity index is 1070. The number of aliphatic carboxylic acids is 1. The molecule has 3 rings (SSSR count). The second-order valence-electron chi connectivity index (χ2n) is 9.70. The number of carbonyl (C=O) groups excluding carboxylic acids is 1. The number of unbranched alkanes of at least 4 members (excludes halogenated alkanes) is 1. The molecule has 1 amide bonds. The summed E-state index contributed by atoms with van der Waals surface area (Å²) in [5.74, 6) is -6.05. The van der Waals surface area contributed by atoms with Gasteiger partial charge in [-0.1, -0.05) is 36.4 Å². The molecule has 8 nitrogen and oxygen atoms in total. The van der Waals surface area contributed by atoms with Crippen molar-refractivity contribution < 1.29 is 32.6 Å². The number of nitrogens with one attached hydrogen (secondary N) is 2. The van der Waals surface area contributed by atoms with E-state index < -0.39 is 42.2 Å². The predicted molar refractivity (Wildman–Crippen MR) is 142 cm³/mol. The van der Waals surface area contributed by atoms with Crippen LogP contribution in [0.1, 0.15) is 42.5 Å². The zero-order valence-corrected chi connectivity index (χ0v) is 22.2. The molecule has 3 N–H and O–H groups in total. The van der Waals surface area contributed by atoms with E-state index in [0.29, 0.717) is 6.54 Å². The van der Waals surface area contributed by atoms with Gasteiger partial charge in [-0.15, -0.1) is 0 Å². The third kappa shape index (κ3) is 8.93. The minimum Gasteiger partial charge on any atom is -0.480 e. The highest BCUT2D eigenvalue weighted by Crippen LogP contribution is 2.28. The highest BCUT2D eigenvalue weighted by Gasteiger charge is 2.42. The second-order valence-corrected chi connectivity index (χ2v) is 9.70. The molecule has 2 aromatic rings. The Hall–Kier alpha value is -3.18. The lowest BCUT2D eigenvalue weighted by Crippen LogP contribution is -2.49. The SMILES string of the molecule is COC(CF)CN(CCCCc1ccc2c(n1)NCCC2)CCC(NC(=O)C(F)(F)c1ccccc1)C(=O)O. The van der Waals surface area contributed by atoms with Crippen LogP contribution in [0.2, 0.25) is 0 Å². The van der Waals surface area contributed by atoms with Crippen molar-refractivity contribution in [3.63, 3.8) is 0 Å². The minimum atomic E-state index is -3.88. The number of amides is 1. The molecule has 0 spiro atoms. The molecule has 1 aromatic carbocycles. The summed E-state index contributed by atoms with van der Waals surface area (Å²) >= 11 is 0. The van der Waals surface area contributed by atoms with Crippen molar-refractivity contribution in [3.8, 4) is 0 Å². The monoisotopic (exact) mass is 550 g/mol. The van der Waals surface area contributed by atoms with Gasteiger partial charge in [0.2, 0.25) is 0 Å². The van der Waals surface area contributed by atoms with Crippen LogP contribution in [0.25, 0.3) is 0 Å². The first-order chi connectivity index (χ1) is 18.7. The number of methoxy groups -OCH3 is 1. The summed E-state index contributed by atoms with van der Waals surface area (Å²) in [6.45, 7) is 1.06. The highest BCUT2D eigenvalue weighted by molar-refractivity contribution is 5.88. The fourth-order valence-electron chi connectivity index (χ4n) is 4.51. The minimum absolute atomic E-state index is 0.132. The van der Waals surface area contributed by atoms with E-state index in [9.17, 15) is 27.9 Å². The maximum Gasteiger partial charge on any atom is 0.349 e. The number of alkyl halides is 3. The van der Waals surface area contributed by atoms with E-state index in [1.807, 2.05) is 16.3 Å². The molecule has 0 saturated heterocycles. The van der Waals surface area contributed by atoms with Gasteiger partial charge >= 0.3 is 11.9 Å². The van der Waals surface area contributed by atoms with Gasteiger partial charge in [0.15, 0.2) is 0 Å². The molecule has 39 heavy (non-hydrogen) atoms. The largest absolute Gasteiger partial charge is 0.480 e. The van der Waals surface area contributed by atoms with Crippen LogP contribution in [0.3, 0.4) is 0 Å². The van der Waals surface area contributed by atoms with Crippen LogP contribution in [0, 0.1) is 0 Å². The molecule has 1 aliphatic heterocycles. The molecule has 1 aliphatic rings. The fraction of sp³-hybridized carbons (Fsp3) is 0.536. The average Bonchev–Trinajstić information content (AvgIpc) is 2.95. The highest BCUT2D eigenvalue weighted by atomic mass is 19.3. The topological polar surface area (TPSA) is 104 Å². The third-order valence-electron chi connectivity index (χ3n) is 6.84. The number of benzene rings is 1. The van der Waals surface area contributed by atoms with Crippen LogP contribution >= 0.6 is 0 Å². The molecule has 2 heterocycles. The number of hydrogen-bond acceptors (Lipinski definition) is 6. The molecule has 0 radical (unpaired) electrons. The lowest BCUT2D eigenvalue weighted by atomic mass is 10.1. The molecule has 1 aromatic heterocycles. The zero-order chi connectivity index (χ0) is 28.3. The number of carbonyl (C=O) groups is 2. The van der Waals surface area contributed by atoms with Crippen LogP contribution in [-0.2, 0) is 33.1 Å². The normalized spacial score (nSPS) is 14.8. The lowest BCUT2D eigenvalue weighted by Gasteiger charge is -2.27. The standard InChI is InChI=1S/C28H37F3N4O4/c1-39-23(18-29)19-35(16-6-5-11-22-13-12-20-8-7-15-32-25(20)33-22)17-14-24(26(36)37)34-27(38)28(30,31)21-9-3-2-4-10-21/h2-4,9-10,12-13,23-24H,5-8,11,14-19H2,1H3,(H,32,33)(H,34,38)(H,36,37). The summed E-state index contributed by atoms with van der Waals surface area (Å²) in [6.07, 6.45) is 3.55. The van der Waals surface area contributed by atoms with Gasteiger partial charge in [-0.25, -0.2) is 14.2 Å². The Labute approximate surface area is 226 Å². The molecule has 0 fully saturated rings. The Morgan fingerprint density at radius 3 is 2.64 bits per heavy atom. The van der Waals surface area contributed by atoms with Crippen molar-refractivity contribution >= 4 is 17.7 Å². The molecule has 0 aliphatic carbocycles. The van der Waals surface area contributed by atoms with Crippen LogP contribution in [0.15, 0.2) is 42.5 Å². The van der Waals surface area contributed by atoms with E-state index in [-0.39, 0.29) is 19.5 Å². The van der Waals surface area contributed by atoms with Crippen molar-refractivity contribution in [2.24, 2.45) is 0 Å². The maximum atomic E-state index is 14.6. The van der Waals surface area contributed by atoms with Crippen molar-refractivity contribution in [1.29, 1.82) is 0 Å². The zero-order valence-electron chi connectivity index (χ0n) is 22.2. The number of aromatic nitrogens is 1. The number of hydrogen-bond donors (Lipinski definition) is 3. The number of rotatable bonds is 16. The predicted octanol–water partition coefficient (Wildman–Crippen LogP) is 3.80. The van der Waals surface area contributed by atoms with Crippen molar-refractivity contribution in [2.45, 2.75) is 56.6 Å². The van der Waals surface area contributed by atoms with E-state index >= 15 is 0 Å². The van der Waals surface area contributed by atoms with Gasteiger partial charge in [-0.3, -0.25) is 4.79 Å². The number of ether oxygens (including phenoxy) is 1. The molecule has 2 unspecified atom stereocenters. The van der Waals surface area contributed by atoms with Gasteiger partial charge in [-0.2, -0.15) is 8.78 Å². The molecular formula is C28H37F3N4O4. The first kappa shape index (κ1) is 30.4. The number of nitrogens with zero attached hydrogens (tertiary/aromatic N) is 2. The first-order valence-corrected chi connectivity index (χ1v) is 13.3. The molecule has 0 bridgehead atoms. The summed E-state index contributed by atoms with van der Waals surface area (Å²) in [7, 11) is 1.39. The number of halogens is 3. The number of anilines is 1. The Morgan fingerprint density at radius 1 is 1.18 bits per heavy atom. The van der Waals surface area contributed by atoms with Crippen LogP contribution in [0.5, 0.6) is 0 Å². The van der Waals surface area contributed by atoms with Crippen LogP contribution in [0.4, 0.5) is 19.0 Å². The summed E-state index contributed by atoms with van der Waals surface area (Å²) in [6, 6.07) is 9.09. The van der Waals surface area contributed by atoms with E-state index in [0.717, 1.165) is 62.3 Å². The number of fused-ring (bicyclic) bond motifs is 1. The summed E-state index contributed by atoms with van der Waals surface area (Å²) in [5.41, 5.74) is 1.67. The van der Waals surface area contributed by atoms with Crippen LogP contribution < -0.4 is 10.6 Å². The quantitative estimate of drug-likeness (QED) is 0.273. The molecule has 0 saturated carbocycles. The molecular weight excluding hydrogens is 513 g/mol. The third-order valence-corrected chi connectivity index (χ3v) is 6.84.